The molecule has 0 spiro atoms. The lowest BCUT2D eigenvalue weighted by atomic mass is 10.3. The molecule has 0 aliphatic carbocycles. The normalized spacial score (nSPS) is 11.6. The number of non-ortho nitro benzene ring substituents is 1. The van der Waals surface area contributed by atoms with Crippen LogP contribution in [-0.4, -0.2) is 37.5 Å². The van der Waals surface area contributed by atoms with Crippen LogP contribution < -0.4 is 4.72 Å². The van der Waals surface area contributed by atoms with Gasteiger partial charge in [0.15, 0.2) is 4.90 Å². The Bertz CT molecular complexity index is 672. The molecule has 11 heteroatoms. The van der Waals surface area contributed by atoms with Crippen molar-refractivity contribution >= 4 is 21.4 Å². The Balaban J connectivity index is 3.03. The zero-order valence-corrected chi connectivity index (χ0v) is 12.7. The summed E-state index contributed by atoms with van der Waals surface area (Å²) in [5.74, 6) is 0. The summed E-state index contributed by atoms with van der Waals surface area (Å²) in [6.45, 7) is 3.57. The van der Waals surface area contributed by atoms with E-state index < -0.39 is 36.1 Å². The average Bonchev–Trinajstić information content (AvgIpc) is 2.42. The molecule has 0 saturated carbocycles. The molecule has 122 valence electrons. The molecule has 1 aromatic rings. The third-order valence-corrected chi connectivity index (χ3v) is 3.99. The van der Waals surface area contributed by atoms with E-state index in [2.05, 4.69) is 4.72 Å². The van der Waals surface area contributed by atoms with Crippen LogP contribution in [0, 0.1) is 20.2 Å². The van der Waals surface area contributed by atoms with E-state index in [1.165, 1.54) is 0 Å². The third-order valence-electron chi connectivity index (χ3n) is 2.48. The molecule has 0 heterocycles. The van der Waals surface area contributed by atoms with Crippen molar-refractivity contribution in [1.29, 1.82) is 0 Å². The SMILES string of the molecule is CC(C)OCCNS(=O)(=O)c1ccc([N+](=O)[O-])cc1[N+](=O)[O-]. The second kappa shape index (κ2) is 7.24. The number of sulfonamides is 1. The number of benzene rings is 1. The second-order valence-corrected chi connectivity index (χ2v) is 6.22. The molecule has 0 fully saturated rings. The zero-order valence-electron chi connectivity index (χ0n) is 11.9. The van der Waals surface area contributed by atoms with E-state index in [1.807, 2.05) is 0 Å². The van der Waals surface area contributed by atoms with Crippen molar-refractivity contribution in [3.8, 4) is 0 Å². The summed E-state index contributed by atoms with van der Waals surface area (Å²) >= 11 is 0. The lowest BCUT2D eigenvalue weighted by Gasteiger charge is -2.09. The molecule has 10 nitrogen and oxygen atoms in total. The summed E-state index contributed by atoms with van der Waals surface area (Å²) in [6, 6.07) is 2.34. The number of hydrogen-bond donors (Lipinski definition) is 1. The Kier molecular flexibility index (Phi) is 5.91. The summed E-state index contributed by atoms with van der Waals surface area (Å²) in [7, 11) is -4.17. The Morgan fingerprint density at radius 3 is 2.36 bits per heavy atom. The molecule has 0 saturated heterocycles. The average molecular weight is 333 g/mol. The maximum absolute atomic E-state index is 12.0. The molecular formula is C11H15N3O7S. The minimum atomic E-state index is -4.17. The predicted molar refractivity (Wildman–Crippen MR) is 76.0 cm³/mol. The summed E-state index contributed by atoms with van der Waals surface area (Å²) in [4.78, 5) is 19.1. The topological polar surface area (TPSA) is 142 Å². The van der Waals surface area contributed by atoms with Gasteiger partial charge in [-0.1, -0.05) is 0 Å². The maximum Gasteiger partial charge on any atom is 0.296 e. The number of ether oxygens (including phenoxy) is 1. The first-order valence-corrected chi connectivity index (χ1v) is 7.67. The van der Waals surface area contributed by atoms with Crippen molar-refractivity contribution in [1.82, 2.24) is 4.72 Å². The summed E-state index contributed by atoms with van der Waals surface area (Å²) in [5.41, 5.74) is -1.42. The van der Waals surface area contributed by atoms with Crippen LogP contribution in [0.4, 0.5) is 11.4 Å². The number of hydrogen-bond acceptors (Lipinski definition) is 7. The van der Waals surface area contributed by atoms with E-state index >= 15 is 0 Å². The molecule has 0 radical (unpaired) electrons. The Labute approximate surface area is 126 Å². The van der Waals surface area contributed by atoms with Crippen LogP contribution in [0.5, 0.6) is 0 Å². The molecule has 0 bridgehead atoms. The van der Waals surface area contributed by atoms with Crippen LogP contribution in [-0.2, 0) is 14.8 Å². The van der Waals surface area contributed by atoms with E-state index in [9.17, 15) is 28.6 Å². The summed E-state index contributed by atoms with van der Waals surface area (Å²) in [5, 5.41) is 21.5. The van der Waals surface area contributed by atoms with Gasteiger partial charge in [0, 0.05) is 12.6 Å². The van der Waals surface area contributed by atoms with Gasteiger partial charge in [-0.15, -0.1) is 0 Å². The summed E-state index contributed by atoms with van der Waals surface area (Å²) < 4.78 is 31.4. The van der Waals surface area contributed by atoms with Crippen LogP contribution in [0.25, 0.3) is 0 Å². The number of nitrogens with one attached hydrogen (secondary N) is 1. The van der Waals surface area contributed by atoms with Crippen LogP contribution >= 0.6 is 0 Å². The first-order valence-electron chi connectivity index (χ1n) is 6.19. The van der Waals surface area contributed by atoms with E-state index in [1.54, 1.807) is 13.8 Å². The van der Waals surface area contributed by atoms with Gasteiger partial charge in [-0.2, -0.15) is 0 Å². The fourth-order valence-electron chi connectivity index (χ4n) is 1.54. The summed E-state index contributed by atoms with van der Waals surface area (Å²) in [6.07, 6.45) is -0.0850. The van der Waals surface area contributed by atoms with Crippen molar-refractivity contribution in [3.05, 3.63) is 38.4 Å². The standard InChI is InChI=1S/C11H15N3O7S/c1-8(2)21-6-5-12-22(19,20)11-4-3-9(13(15)16)7-10(11)14(17)18/h3-4,7-8,12H,5-6H2,1-2H3. The highest BCUT2D eigenvalue weighted by atomic mass is 32.2. The highest BCUT2D eigenvalue weighted by Crippen LogP contribution is 2.28. The highest BCUT2D eigenvalue weighted by molar-refractivity contribution is 7.89. The molecule has 22 heavy (non-hydrogen) atoms. The number of nitro benzene ring substituents is 2. The molecule has 0 aromatic heterocycles. The van der Waals surface area contributed by atoms with E-state index in [0.29, 0.717) is 6.07 Å². The molecule has 0 aliphatic rings. The van der Waals surface area contributed by atoms with Gasteiger partial charge in [-0.3, -0.25) is 20.2 Å². The third kappa shape index (κ3) is 4.72. The van der Waals surface area contributed by atoms with Gasteiger partial charge in [0.25, 0.3) is 11.4 Å². The van der Waals surface area contributed by atoms with E-state index in [0.717, 1.165) is 12.1 Å². The first-order chi connectivity index (χ1) is 10.1. The minimum Gasteiger partial charge on any atom is -0.377 e. The minimum absolute atomic E-state index is 0.0747. The Hall–Kier alpha value is -2.11. The van der Waals surface area contributed by atoms with Crippen molar-refractivity contribution in [2.24, 2.45) is 0 Å². The van der Waals surface area contributed by atoms with Crippen LogP contribution in [0.2, 0.25) is 0 Å². The lowest BCUT2D eigenvalue weighted by Crippen LogP contribution is -2.28. The molecular weight excluding hydrogens is 318 g/mol. The van der Waals surface area contributed by atoms with Crippen LogP contribution in [0.15, 0.2) is 23.1 Å². The molecule has 0 aliphatic heterocycles. The Morgan fingerprint density at radius 1 is 1.23 bits per heavy atom. The lowest BCUT2D eigenvalue weighted by molar-refractivity contribution is -0.396. The second-order valence-electron chi connectivity index (χ2n) is 4.48. The van der Waals surface area contributed by atoms with Gasteiger partial charge in [0.1, 0.15) is 0 Å². The number of nitrogens with zero attached hydrogens (tertiary/aromatic N) is 2. The quantitative estimate of drug-likeness (QED) is 0.428. The van der Waals surface area contributed by atoms with E-state index in [4.69, 9.17) is 4.74 Å². The molecule has 1 aromatic carbocycles. The fourth-order valence-corrected chi connectivity index (χ4v) is 2.70. The van der Waals surface area contributed by atoms with Crippen molar-refractivity contribution in [2.45, 2.75) is 24.8 Å². The van der Waals surface area contributed by atoms with Gasteiger partial charge >= 0.3 is 0 Å². The smallest absolute Gasteiger partial charge is 0.296 e. The first kappa shape index (κ1) is 17.9. The molecule has 0 unspecified atom stereocenters. The molecule has 0 atom stereocenters. The Morgan fingerprint density at radius 2 is 1.86 bits per heavy atom. The van der Waals surface area contributed by atoms with Crippen molar-refractivity contribution in [3.63, 3.8) is 0 Å². The van der Waals surface area contributed by atoms with Gasteiger partial charge < -0.3 is 4.74 Å². The monoisotopic (exact) mass is 333 g/mol. The molecule has 1 rings (SSSR count). The van der Waals surface area contributed by atoms with Crippen molar-refractivity contribution < 1.29 is 23.0 Å². The maximum atomic E-state index is 12.0. The van der Waals surface area contributed by atoms with Gasteiger partial charge in [0.2, 0.25) is 10.0 Å². The highest BCUT2D eigenvalue weighted by Gasteiger charge is 2.28. The number of rotatable bonds is 8. The predicted octanol–water partition coefficient (Wildman–Crippen LogP) is 1.21. The van der Waals surface area contributed by atoms with Gasteiger partial charge in [0.05, 0.1) is 28.6 Å². The fraction of sp³-hybridized carbons (Fsp3) is 0.455. The van der Waals surface area contributed by atoms with Crippen molar-refractivity contribution in [2.75, 3.05) is 13.2 Å². The van der Waals surface area contributed by atoms with Crippen LogP contribution in [0.3, 0.4) is 0 Å². The molecule has 1 N–H and O–H groups in total. The largest absolute Gasteiger partial charge is 0.377 e. The molecule has 0 amide bonds. The van der Waals surface area contributed by atoms with E-state index in [-0.39, 0.29) is 19.3 Å². The zero-order chi connectivity index (χ0) is 16.9. The van der Waals surface area contributed by atoms with Gasteiger partial charge in [-0.25, -0.2) is 13.1 Å². The van der Waals surface area contributed by atoms with Gasteiger partial charge in [-0.05, 0) is 19.9 Å². The number of nitro groups is 2. The van der Waals surface area contributed by atoms with Crippen LogP contribution in [0.1, 0.15) is 13.8 Å².